The maximum atomic E-state index is 9.00. The number of nitrogens with zero attached hydrogens (tertiary/aromatic N) is 2. The lowest BCUT2D eigenvalue weighted by atomic mass is 10.0. The van der Waals surface area contributed by atoms with Gasteiger partial charge in [-0.1, -0.05) is 18.2 Å². The fourth-order valence-corrected chi connectivity index (χ4v) is 2.55. The molecule has 0 spiro atoms. The van der Waals surface area contributed by atoms with Crippen molar-refractivity contribution in [1.82, 2.24) is 0 Å². The van der Waals surface area contributed by atoms with Crippen LogP contribution in [0.2, 0.25) is 0 Å². The second-order valence-corrected chi connectivity index (χ2v) is 4.77. The first-order valence-electron chi connectivity index (χ1n) is 6.59. The molecule has 2 aromatic rings. The van der Waals surface area contributed by atoms with Crippen LogP contribution in [0.3, 0.4) is 0 Å². The first-order valence-corrected chi connectivity index (χ1v) is 6.59. The summed E-state index contributed by atoms with van der Waals surface area (Å²) in [6, 6.07) is 16.0. The van der Waals surface area contributed by atoms with Crippen LogP contribution in [-0.2, 0) is 6.42 Å². The van der Waals surface area contributed by atoms with Crippen LogP contribution in [0, 0.1) is 11.3 Å². The molecule has 0 radical (unpaired) electrons. The van der Waals surface area contributed by atoms with E-state index in [-0.39, 0.29) is 17.0 Å². The molecule has 0 atom stereocenters. The van der Waals surface area contributed by atoms with Gasteiger partial charge in [0.1, 0.15) is 5.75 Å². The average Bonchev–Trinajstić information content (AvgIpc) is 2.53. The Kier molecular flexibility index (Phi) is 4.77. The minimum absolute atomic E-state index is 0. The van der Waals surface area contributed by atoms with Crippen molar-refractivity contribution in [2.45, 2.75) is 6.42 Å². The van der Waals surface area contributed by atoms with Crippen LogP contribution in [-0.4, -0.2) is 24.4 Å². The Morgan fingerprint density at radius 2 is 2.00 bits per heavy atom. The minimum atomic E-state index is 0. The van der Waals surface area contributed by atoms with E-state index in [0.29, 0.717) is 5.56 Å². The first kappa shape index (κ1) is 15.3. The fraction of sp³-hybridized carbons (Fsp3) is 0.176. The highest BCUT2D eigenvalue weighted by Crippen LogP contribution is 2.25. The molecule has 106 valence electrons. The molecule has 0 saturated heterocycles. The van der Waals surface area contributed by atoms with E-state index in [1.54, 1.807) is 7.11 Å². The second kappa shape index (κ2) is 6.55. The molecule has 2 aromatic carbocycles. The minimum Gasteiger partial charge on any atom is -1.00 e. The third-order valence-corrected chi connectivity index (χ3v) is 3.59. The highest BCUT2D eigenvalue weighted by molar-refractivity contribution is 5.83. The highest BCUT2D eigenvalue weighted by Gasteiger charge is 2.20. The predicted molar refractivity (Wildman–Crippen MR) is 77.8 cm³/mol. The molecule has 0 bridgehead atoms. The van der Waals surface area contributed by atoms with Crippen LogP contribution < -0.4 is 21.7 Å². The van der Waals surface area contributed by atoms with Crippen molar-refractivity contribution in [1.29, 1.82) is 5.26 Å². The fourth-order valence-electron chi connectivity index (χ4n) is 2.55. The van der Waals surface area contributed by atoms with Crippen molar-refractivity contribution in [3.8, 4) is 11.8 Å². The second-order valence-electron chi connectivity index (χ2n) is 4.77. The van der Waals surface area contributed by atoms with Crippen molar-refractivity contribution in [3.05, 3.63) is 59.2 Å². The zero-order valence-corrected chi connectivity index (χ0v) is 13.3. The normalized spacial score (nSPS) is 12.5. The summed E-state index contributed by atoms with van der Waals surface area (Å²) in [6.07, 6.45) is 3.08. The van der Waals surface area contributed by atoms with Crippen molar-refractivity contribution in [3.63, 3.8) is 0 Å². The zero-order chi connectivity index (χ0) is 13.9. The standard InChI is InChI=1S/C17H15N2O.BrH/c1-20-17-7-3-5-14-8-9-19(12-16(14)17)15-6-2-4-13(10-15)11-18;/h2-7,10,12H,8-9H2,1H3;1H/q+1;/p-1. The van der Waals surface area contributed by atoms with E-state index < -0.39 is 0 Å². The van der Waals surface area contributed by atoms with E-state index in [9.17, 15) is 0 Å². The molecule has 4 heteroatoms. The number of nitriles is 1. The quantitative estimate of drug-likeness (QED) is 0.714. The van der Waals surface area contributed by atoms with Crippen LogP contribution in [0.25, 0.3) is 0 Å². The Bertz CT molecular complexity index is 732. The Labute approximate surface area is 134 Å². The maximum Gasteiger partial charge on any atom is 0.206 e. The summed E-state index contributed by atoms with van der Waals surface area (Å²) in [6.45, 7) is 0.912. The third kappa shape index (κ3) is 2.98. The van der Waals surface area contributed by atoms with Crippen LogP contribution in [0.5, 0.6) is 5.75 Å². The lowest BCUT2D eigenvalue weighted by Gasteiger charge is -2.14. The molecule has 3 rings (SSSR count). The van der Waals surface area contributed by atoms with Crippen LogP contribution >= 0.6 is 0 Å². The molecule has 1 heterocycles. The molecule has 0 aliphatic carbocycles. The van der Waals surface area contributed by atoms with Gasteiger partial charge in [0.15, 0.2) is 12.8 Å². The lowest BCUT2D eigenvalue weighted by Crippen LogP contribution is -3.00. The topological polar surface area (TPSA) is 36.0 Å². The summed E-state index contributed by atoms with van der Waals surface area (Å²) in [5.74, 6) is 0.892. The third-order valence-electron chi connectivity index (χ3n) is 3.59. The first-order chi connectivity index (χ1) is 9.81. The zero-order valence-electron chi connectivity index (χ0n) is 11.7. The van der Waals surface area contributed by atoms with E-state index >= 15 is 0 Å². The highest BCUT2D eigenvalue weighted by atomic mass is 79.9. The largest absolute Gasteiger partial charge is 1.00 e. The van der Waals surface area contributed by atoms with Gasteiger partial charge in [0.2, 0.25) is 5.69 Å². The Hall–Kier alpha value is -2.12. The van der Waals surface area contributed by atoms with Crippen molar-refractivity contribution in [2.75, 3.05) is 13.7 Å². The number of ether oxygens (including phenoxy) is 1. The van der Waals surface area contributed by atoms with Gasteiger partial charge in [-0.3, -0.25) is 0 Å². The van der Waals surface area contributed by atoms with Gasteiger partial charge in [-0.25, -0.2) is 0 Å². The molecular formula is C17H15BrN2O. The SMILES string of the molecule is COc1cccc2c1C=[N+](c1cccc(C#N)c1)CC2.[Br-]. The predicted octanol–water partition coefficient (Wildman–Crippen LogP) is -0.110. The van der Waals surface area contributed by atoms with Gasteiger partial charge >= 0.3 is 0 Å². The smallest absolute Gasteiger partial charge is 0.206 e. The molecule has 1 aliphatic heterocycles. The van der Waals surface area contributed by atoms with E-state index in [4.69, 9.17) is 10.00 Å². The molecule has 0 unspecified atom stereocenters. The Balaban J connectivity index is 0.00000161. The van der Waals surface area contributed by atoms with Gasteiger partial charge in [0.25, 0.3) is 0 Å². The van der Waals surface area contributed by atoms with E-state index in [1.807, 2.05) is 36.4 Å². The lowest BCUT2D eigenvalue weighted by molar-refractivity contribution is -0.436. The molecule has 0 amide bonds. The van der Waals surface area contributed by atoms with Crippen molar-refractivity contribution in [2.24, 2.45) is 0 Å². The number of rotatable bonds is 2. The van der Waals surface area contributed by atoms with E-state index in [1.165, 1.54) is 5.56 Å². The Morgan fingerprint density at radius 3 is 2.76 bits per heavy atom. The molecule has 21 heavy (non-hydrogen) atoms. The summed E-state index contributed by atoms with van der Waals surface area (Å²) in [5, 5.41) is 9.00. The molecular weight excluding hydrogens is 328 g/mol. The molecule has 3 nitrogen and oxygen atoms in total. The maximum absolute atomic E-state index is 9.00. The number of fused-ring (bicyclic) bond motifs is 1. The number of halogens is 1. The average molecular weight is 343 g/mol. The van der Waals surface area contributed by atoms with Gasteiger partial charge in [-0.2, -0.15) is 9.84 Å². The number of hydrogen-bond acceptors (Lipinski definition) is 2. The summed E-state index contributed by atoms with van der Waals surface area (Å²) < 4.78 is 7.60. The molecule has 0 N–H and O–H groups in total. The van der Waals surface area contributed by atoms with Gasteiger partial charge in [0.05, 0.1) is 24.3 Å². The summed E-state index contributed by atoms with van der Waals surface area (Å²) in [7, 11) is 1.69. The number of benzene rings is 2. The van der Waals surface area contributed by atoms with Gasteiger partial charge in [-0.15, -0.1) is 0 Å². The van der Waals surface area contributed by atoms with Crippen LogP contribution in [0.4, 0.5) is 5.69 Å². The summed E-state index contributed by atoms with van der Waals surface area (Å²) in [4.78, 5) is 0. The molecule has 0 aromatic heterocycles. The van der Waals surface area contributed by atoms with E-state index in [0.717, 1.165) is 30.0 Å². The molecule has 0 saturated carbocycles. The Morgan fingerprint density at radius 1 is 1.19 bits per heavy atom. The van der Waals surface area contributed by atoms with Crippen molar-refractivity contribution < 1.29 is 26.3 Å². The molecule has 1 aliphatic rings. The van der Waals surface area contributed by atoms with Crippen LogP contribution in [0.15, 0.2) is 42.5 Å². The summed E-state index contributed by atoms with van der Waals surface area (Å²) >= 11 is 0. The number of methoxy groups -OCH3 is 1. The van der Waals surface area contributed by atoms with Gasteiger partial charge in [-0.05, 0) is 17.7 Å². The van der Waals surface area contributed by atoms with Gasteiger partial charge in [0, 0.05) is 18.6 Å². The number of hydrogen-bond donors (Lipinski definition) is 0. The monoisotopic (exact) mass is 342 g/mol. The van der Waals surface area contributed by atoms with Crippen LogP contribution in [0.1, 0.15) is 16.7 Å². The van der Waals surface area contributed by atoms with Gasteiger partial charge < -0.3 is 21.7 Å². The molecule has 0 fully saturated rings. The summed E-state index contributed by atoms with van der Waals surface area (Å²) in [5.41, 5.74) is 4.16. The van der Waals surface area contributed by atoms with E-state index in [2.05, 4.69) is 22.9 Å². The van der Waals surface area contributed by atoms with Crippen molar-refractivity contribution >= 4 is 11.9 Å².